The van der Waals surface area contributed by atoms with E-state index in [4.69, 9.17) is 23.7 Å². The van der Waals surface area contributed by atoms with Crippen LogP contribution in [0, 0.1) is 0 Å². The highest BCUT2D eigenvalue weighted by atomic mass is 32.2. The molecule has 0 spiro atoms. The van der Waals surface area contributed by atoms with Crippen molar-refractivity contribution >= 4 is 56.7 Å². The molecule has 6 amide bonds. The van der Waals surface area contributed by atoms with Gasteiger partial charge in [0.05, 0.1) is 68.4 Å². The van der Waals surface area contributed by atoms with Crippen molar-refractivity contribution in [2.75, 3.05) is 75.9 Å². The number of nitrogens with one attached hydrogen (secondary N) is 3. The first-order valence-electron chi connectivity index (χ1n) is 20.1. The summed E-state index contributed by atoms with van der Waals surface area (Å²) < 4.78 is 52.7. The van der Waals surface area contributed by atoms with Crippen LogP contribution >= 0.6 is 0 Å². The maximum atomic E-state index is 13.9. The van der Waals surface area contributed by atoms with E-state index in [1.165, 1.54) is 36.5 Å². The van der Waals surface area contributed by atoms with Crippen molar-refractivity contribution in [1.82, 2.24) is 15.1 Å². The number of hydrogen-bond acceptors (Lipinski definition) is 14. The number of fused-ring (bicyclic) bond motifs is 2. The van der Waals surface area contributed by atoms with E-state index < -0.39 is 51.3 Å². The third-order valence-corrected chi connectivity index (χ3v) is 11.2. The molecular formula is C43H49N5O13S. The first-order chi connectivity index (χ1) is 29.8. The van der Waals surface area contributed by atoms with Gasteiger partial charge in [-0.2, -0.15) is 0 Å². The Hall–Kier alpha value is -6.31. The molecule has 19 heteroatoms. The molecule has 6 rings (SSSR count). The highest BCUT2D eigenvalue weighted by Gasteiger charge is 2.44. The highest BCUT2D eigenvalue weighted by molar-refractivity contribution is 7.90. The summed E-state index contributed by atoms with van der Waals surface area (Å²) in [4.78, 5) is 79.8. The van der Waals surface area contributed by atoms with E-state index in [1.54, 1.807) is 37.3 Å². The van der Waals surface area contributed by atoms with Crippen molar-refractivity contribution in [2.24, 2.45) is 0 Å². The molecule has 1 saturated heterocycles. The third kappa shape index (κ3) is 10.8. The number of ether oxygens (including phenoxy) is 5. The lowest BCUT2D eigenvalue weighted by atomic mass is 10.0. The third-order valence-electron chi connectivity index (χ3n) is 10.2. The summed E-state index contributed by atoms with van der Waals surface area (Å²) in [6, 6.07) is 12.6. The summed E-state index contributed by atoms with van der Waals surface area (Å²) in [6.45, 7) is 4.41. The number of hydrogen-bond donors (Lipinski definition) is 3. The van der Waals surface area contributed by atoms with Gasteiger partial charge >= 0.3 is 0 Å². The van der Waals surface area contributed by atoms with Gasteiger partial charge in [-0.1, -0.05) is 18.2 Å². The summed E-state index contributed by atoms with van der Waals surface area (Å²) in [5.41, 5.74) is 2.52. The Morgan fingerprint density at radius 2 is 1.63 bits per heavy atom. The lowest BCUT2D eigenvalue weighted by Crippen LogP contribution is -2.52. The molecule has 3 aliphatic rings. The van der Waals surface area contributed by atoms with Crippen molar-refractivity contribution in [3.05, 3.63) is 94.8 Å². The number of amides is 6. The maximum absolute atomic E-state index is 13.9. The molecule has 3 heterocycles. The van der Waals surface area contributed by atoms with Gasteiger partial charge in [-0.25, -0.2) is 8.42 Å². The molecule has 2 atom stereocenters. The minimum atomic E-state index is -3.71. The van der Waals surface area contributed by atoms with Crippen molar-refractivity contribution < 1.29 is 60.9 Å². The predicted octanol–water partition coefficient (Wildman–Crippen LogP) is 3.24. The Bertz CT molecular complexity index is 2350. The number of sulfone groups is 1. The van der Waals surface area contributed by atoms with Gasteiger partial charge < -0.3 is 39.2 Å². The molecule has 0 aromatic heterocycles. The smallest absolute Gasteiger partial charge is 0.264 e. The molecule has 3 aromatic carbocycles. The SMILES string of the molecule is CCOc1cc([C@@H](CS(C)(=O)=O)N2C(=O)c3cccc(NC(=O)C=COCCOCCOCCCNc4cccc5c4CN(C4CCC(=O)NC4=O)C5=O)c3C2=O)ccc1OC. The molecule has 0 aliphatic carbocycles. The molecule has 18 nitrogen and oxygen atoms in total. The summed E-state index contributed by atoms with van der Waals surface area (Å²) in [7, 11) is -2.25. The average molecular weight is 876 g/mol. The van der Waals surface area contributed by atoms with Crippen molar-refractivity contribution in [1.29, 1.82) is 0 Å². The number of methoxy groups -OCH3 is 1. The monoisotopic (exact) mass is 875 g/mol. The number of imide groups is 2. The molecule has 0 bridgehead atoms. The molecule has 3 aliphatic heterocycles. The van der Waals surface area contributed by atoms with Gasteiger partial charge in [-0.3, -0.25) is 39.0 Å². The average Bonchev–Trinajstić information content (AvgIpc) is 3.70. The van der Waals surface area contributed by atoms with E-state index in [0.717, 1.165) is 28.5 Å². The van der Waals surface area contributed by atoms with Crippen LogP contribution in [0.1, 0.15) is 74.4 Å². The lowest BCUT2D eigenvalue weighted by Gasteiger charge is -2.29. The fourth-order valence-electron chi connectivity index (χ4n) is 7.40. The van der Waals surface area contributed by atoms with Crippen LogP contribution in [0.4, 0.5) is 11.4 Å². The minimum Gasteiger partial charge on any atom is -0.499 e. The van der Waals surface area contributed by atoms with Gasteiger partial charge in [-0.05, 0) is 61.7 Å². The molecule has 0 radical (unpaired) electrons. The molecule has 3 aromatic rings. The number of carbonyl (C=O) groups excluding carboxylic acids is 6. The van der Waals surface area contributed by atoms with E-state index in [1.807, 2.05) is 6.07 Å². The quantitative estimate of drug-likeness (QED) is 0.0571. The Balaban J connectivity index is 0.897. The van der Waals surface area contributed by atoms with Crippen molar-refractivity contribution in [3.8, 4) is 11.5 Å². The summed E-state index contributed by atoms with van der Waals surface area (Å²) in [5, 5.41) is 8.27. The number of anilines is 2. The zero-order valence-electron chi connectivity index (χ0n) is 34.6. The van der Waals surface area contributed by atoms with Crippen LogP contribution < -0.4 is 25.4 Å². The van der Waals surface area contributed by atoms with Crippen molar-refractivity contribution in [2.45, 2.75) is 44.8 Å². The van der Waals surface area contributed by atoms with Gasteiger partial charge in [0.15, 0.2) is 11.5 Å². The fraction of sp³-hybridized carbons (Fsp3) is 0.395. The highest BCUT2D eigenvalue weighted by Crippen LogP contribution is 2.39. The second-order valence-corrected chi connectivity index (χ2v) is 16.7. The lowest BCUT2D eigenvalue weighted by molar-refractivity contribution is -0.137. The molecular weight excluding hydrogens is 827 g/mol. The molecule has 330 valence electrons. The van der Waals surface area contributed by atoms with E-state index >= 15 is 0 Å². The topological polar surface area (TPSA) is 225 Å². The van der Waals surface area contributed by atoms with Crippen LogP contribution in [0.2, 0.25) is 0 Å². The van der Waals surface area contributed by atoms with Crippen LogP contribution in [0.25, 0.3) is 0 Å². The van der Waals surface area contributed by atoms with Gasteiger partial charge in [0.2, 0.25) is 11.8 Å². The molecule has 0 saturated carbocycles. The van der Waals surface area contributed by atoms with Gasteiger partial charge in [0, 0.05) is 55.3 Å². The molecule has 1 fully saturated rings. The second kappa shape index (κ2) is 20.5. The van der Waals surface area contributed by atoms with Gasteiger partial charge in [0.1, 0.15) is 22.5 Å². The van der Waals surface area contributed by atoms with E-state index in [-0.39, 0.29) is 54.8 Å². The van der Waals surface area contributed by atoms with Crippen LogP contribution in [-0.4, -0.2) is 125 Å². The first kappa shape index (κ1) is 45.2. The molecule has 62 heavy (non-hydrogen) atoms. The number of benzene rings is 3. The zero-order chi connectivity index (χ0) is 44.4. The summed E-state index contributed by atoms with van der Waals surface area (Å²) in [5.74, 6) is -2.95. The van der Waals surface area contributed by atoms with E-state index in [0.29, 0.717) is 68.4 Å². The predicted molar refractivity (Wildman–Crippen MR) is 225 cm³/mol. The Kier molecular flexibility index (Phi) is 15.0. The van der Waals surface area contributed by atoms with Crippen LogP contribution in [0.15, 0.2) is 66.9 Å². The zero-order valence-corrected chi connectivity index (χ0v) is 35.4. The number of rotatable bonds is 22. The van der Waals surface area contributed by atoms with Crippen LogP contribution in [0.3, 0.4) is 0 Å². The number of piperidine rings is 1. The largest absolute Gasteiger partial charge is 0.499 e. The molecule has 1 unspecified atom stereocenters. The minimum absolute atomic E-state index is 0.0123. The van der Waals surface area contributed by atoms with Crippen molar-refractivity contribution in [3.63, 3.8) is 0 Å². The maximum Gasteiger partial charge on any atom is 0.264 e. The second-order valence-electron chi connectivity index (χ2n) is 14.6. The Morgan fingerprint density at radius 1 is 0.903 bits per heavy atom. The fourth-order valence-corrected chi connectivity index (χ4v) is 8.31. The Morgan fingerprint density at radius 3 is 2.35 bits per heavy atom. The number of carbonyl (C=O) groups is 6. The van der Waals surface area contributed by atoms with Crippen LogP contribution in [0.5, 0.6) is 11.5 Å². The molecule has 3 N–H and O–H groups in total. The Labute approximate surface area is 358 Å². The van der Waals surface area contributed by atoms with Crippen LogP contribution in [-0.2, 0) is 45.0 Å². The van der Waals surface area contributed by atoms with E-state index in [2.05, 4.69) is 16.0 Å². The summed E-state index contributed by atoms with van der Waals surface area (Å²) >= 11 is 0. The first-order valence-corrected chi connectivity index (χ1v) is 22.1. The van der Waals surface area contributed by atoms with Gasteiger partial charge in [-0.15, -0.1) is 0 Å². The summed E-state index contributed by atoms with van der Waals surface area (Å²) in [6.07, 6.45) is 4.49. The van der Waals surface area contributed by atoms with E-state index in [9.17, 15) is 37.2 Å². The normalized spacial score (nSPS) is 16.6. The standard InChI is InChI=1S/C43H49N5O13S/c1-4-61-36-24-27(12-14-35(36)57-2)34(26-62(3,55)56)48-42(53)29-9-6-11-32(39(29)43(48)54)45-38(50)16-19-59-21-23-60-22-20-58-18-7-17-44-31-10-5-8-28-30(31)25-47(41(28)52)33-13-15-37(49)46-40(33)51/h5-6,8-12,14,16,19,24,33-34,44H,4,7,13,15,17-18,20-23,25-26H2,1-3H3,(H,45,50)(H,46,49,51)/t33?,34-/m1/s1. The van der Waals surface area contributed by atoms with Gasteiger partial charge in [0.25, 0.3) is 23.6 Å². The number of nitrogens with zero attached hydrogens (tertiary/aromatic N) is 2.